The first-order chi connectivity index (χ1) is 8.69. The molecule has 0 saturated heterocycles. The second-order valence-corrected chi connectivity index (χ2v) is 4.57. The number of carbonyl (C=O) groups excluding carboxylic acids is 1. The number of hydrogen-bond acceptors (Lipinski definition) is 2. The van der Waals surface area contributed by atoms with Crippen molar-refractivity contribution in [3.8, 4) is 5.75 Å². The molecule has 0 radical (unpaired) electrons. The van der Waals surface area contributed by atoms with Gasteiger partial charge in [-0.3, -0.25) is 4.79 Å². The molecule has 0 aliphatic carbocycles. The Balaban J connectivity index is 2.64. The van der Waals surface area contributed by atoms with Gasteiger partial charge in [-0.15, -0.1) is 11.6 Å². The SMILES string of the molecule is COc1cccc2c(C(C)=O)cn(CCCCl)c12. The maximum atomic E-state index is 11.7. The Morgan fingerprint density at radius 3 is 2.83 bits per heavy atom. The zero-order valence-corrected chi connectivity index (χ0v) is 11.3. The van der Waals surface area contributed by atoms with Crippen LogP contribution in [0.3, 0.4) is 0 Å². The Bertz CT molecular complexity index is 574. The van der Waals surface area contributed by atoms with Crippen LogP contribution in [0.25, 0.3) is 10.9 Å². The van der Waals surface area contributed by atoms with Crippen LogP contribution in [0.4, 0.5) is 0 Å². The first-order valence-electron chi connectivity index (χ1n) is 5.91. The number of hydrogen-bond donors (Lipinski definition) is 0. The van der Waals surface area contributed by atoms with E-state index in [0.717, 1.165) is 35.2 Å². The summed E-state index contributed by atoms with van der Waals surface area (Å²) >= 11 is 5.73. The zero-order valence-electron chi connectivity index (χ0n) is 10.6. The van der Waals surface area contributed by atoms with Gasteiger partial charge >= 0.3 is 0 Å². The highest BCUT2D eigenvalue weighted by molar-refractivity contribution is 6.17. The van der Waals surface area contributed by atoms with Crippen molar-refractivity contribution in [3.63, 3.8) is 0 Å². The molecular weight excluding hydrogens is 250 g/mol. The number of ether oxygens (including phenoxy) is 1. The molecule has 2 aromatic rings. The van der Waals surface area contributed by atoms with Crippen LogP contribution in [0.1, 0.15) is 23.7 Å². The van der Waals surface area contributed by atoms with E-state index in [4.69, 9.17) is 16.3 Å². The predicted molar refractivity (Wildman–Crippen MR) is 73.8 cm³/mol. The maximum absolute atomic E-state index is 11.7. The molecule has 0 aliphatic heterocycles. The van der Waals surface area contributed by atoms with Gasteiger partial charge in [0.1, 0.15) is 5.75 Å². The van der Waals surface area contributed by atoms with Crippen LogP contribution in [-0.2, 0) is 6.54 Å². The minimum Gasteiger partial charge on any atom is -0.495 e. The predicted octanol–water partition coefficient (Wildman–Crippen LogP) is 3.48. The van der Waals surface area contributed by atoms with E-state index in [1.807, 2.05) is 29.0 Å². The van der Waals surface area contributed by atoms with Crippen LogP contribution in [0.15, 0.2) is 24.4 Å². The van der Waals surface area contributed by atoms with Gasteiger partial charge in [-0.1, -0.05) is 12.1 Å². The summed E-state index contributed by atoms with van der Waals surface area (Å²) in [6.45, 7) is 2.37. The van der Waals surface area contributed by atoms with Gasteiger partial charge in [0, 0.05) is 29.6 Å². The molecule has 1 aromatic heterocycles. The van der Waals surface area contributed by atoms with Crippen molar-refractivity contribution in [2.24, 2.45) is 0 Å². The fraction of sp³-hybridized carbons (Fsp3) is 0.357. The first-order valence-corrected chi connectivity index (χ1v) is 6.45. The molecule has 18 heavy (non-hydrogen) atoms. The minimum absolute atomic E-state index is 0.0675. The lowest BCUT2D eigenvalue weighted by Crippen LogP contribution is -1.98. The molecule has 4 heteroatoms. The number of nitrogens with zero attached hydrogens (tertiary/aromatic N) is 1. The van der Waals surface area contributed by atoms with E-state index in [0.29, 0.717) is 5.88 Å². The van der Waals surface area contributed by atoms with Crippen LogP contribution in [-0.4, -0.2) is 23.3 Å². The van der Waals surface area contributed by atoms with E-state index in [1.54, 1.807) is 14.0 Å². The number of ketones is 1. The van der Waals surface area contributed by atoms with Gasteiger partial charge in [-0.2, -0.15) is 0 Å². The number of rotatable bonds is 5. The Morgan fingerprint density at radius 2 is 2.22 bits per heavy atom. The summed E-state index contributed by atoms with van der Waals surface area (Å²) in [4.78, 5) is 11.7. The molecule has 0 unspecified atom stereocenters. The lowest BCUT2D eigenvalue weighted by molar-refractivity contribution is 0.101. The Labute approximate surface area is 111 Å². The van der Waals surface area contributed by atoms with Gasteiger partial charge in [0.05, 0.1) is 12.6 Å². The largest absolute Gasteiger partial charge is 0.495 e. The second kappa shape index (κ2) is 5.44. The Hall–Kier alpha value is -1.48. The normalized spacial score (nSPS) is 10.8. The highest BCUT2D eigenvalue weighted by atomic mass is 35.5. The lowest BCUT2D eigenvalue weighted by Gasteiger charge is -2.07. The molecular formula is C14H16ClNO2. The number of aromatic nitrogens is 1. The second-order valence-electron chi connectivity index (χ2n) is 4.19. The molecule has 2 rings (SSSR count). The summed E-state index contributed by atoms with van der Waals surface area (Å²) in [5, 5.41) is 0.941. The van der Waals surface area contributed by atoms with Crippen LogP contribution in [0, 0.1) is 0 Å². The van der Waals surface area contributed by atoms with Crippen molar-refractivity contribution in [2.45, 2.75) is 19.9 Å². The molecule has 0 aliphatic rings. The monoisotopic (exact) mass is 265 g/mol. The van der Waals surface area contributed by atoms with Gasteiger partial charge in [-0.05, 0) is 19.4 Å². The molecule has 3 nitrogen and oxygen atoms in total. The van der Waals surface area contributed by atoms with E-state index in [-0.39, 0.29) is 5.78 Å². The molecule has 0 bridgehead atoms. The quantitative estimate of drug-likeness (QED) is 0.612. The number of benzene rings is 1. The maximum Gasteiger partial charge on any atom is 0.161 e. The Morgan fingerprint density at radius 1 is 1.44 bits per heavy atom. The van der Waals surface area contributed by atoms with Crippen LogP contribution in [0.2, 0.25) is 0 Å². The molecule has 0 atom stereocenters. The average molecular weight is 266 g/mol. The number of Topliss-reactive ketones (excluding diaryl/α,β-unsaturated/α-hetero) is 1. The van der Waals surface area contributed by atoms with Crippen LogP contribution in [0.5, 0.6) is 5.75 Å². The lowest BCUT2D eigenvalue weighted by atomic mass is 10.1. The molecule has 1 heterocycles. The number of halogens is 1. The van der Waals surface area contributed by atoms with Crippen molar-refractivity contribution < 1.29 is 9.53 Å². The van der Waals surface area contributed by atoms with E-state index in [1.165, 1.54) is 0 Å². The number of carbonyl (C=O) groups is 1. The van der Waals surface area contributed by atoms with E-state index >= 15 is 0 Å². The minimum atomic E-state index is 0.0675. The van der Waals surface area contributed by atoms with Crippen molar-refractivity contribution in [1.82, 2.24) is 4.57 Å². The van der Waals surface area contributed by atoms with Gasteiger partial charge in [0.15, 0.2) is 5.78 Å². The highest BCUT2D eigenvalue weighted by Gasteiger charge is 2.14. The molecule has 0 N–H and O–H groups in total. The molecule has 0 spiro atoms. The zero-order chi connectivity index (χ0) is 13.1. The number of fused-ring (bicyclic) bond motifs is 1. The fourth-order valence-electron chi connectivity index (χ4n) is 2.18. The molecule has 0 amide bonds. The summed E-state index contributed by atoms with van der Waals surface area (Å²) in [7, 11) is 1.64. The number of alkyl halides is 1. The van der Waals surface area contributed by atoms with Gasteiger partial charge in [0.25, 0.3) is 0 Å². The topological polar surface area (TPSA) is 31.2 Å². The summed E-state index contributed by atoms with van der Waals surface area (Å²) in [6, 6.07) is 5.76. The van der Waals surface area contributed by atoms with E-state index < -0.39 is 0 Å². The third-order valence-electron chi connectivity index (χ3n) is 2.99. The third-order valence-corrected chi connectivity index (χ3v) is 3.26. The third kappa shape index (κ3) is 2.23. The molecule has 1 aromatic carbocycles. The van der Waals surface area contributed by atoms with Gasteiger partial charge in [0.2, 0.25) is 0 Å². The summed E-state index contributed by atoms with van der Waals surface area (Å²) in [6.07, 6.45) is 2.75. The number of para-hydroxylation sites is 1. The molecule has 96 valence electrons. The average Bonchev–Trinajstić information content (AvgIpc) is 2.75. The van der Waals surface area contributed by atoms with Crippen LogP contribution < -0.4 is 4.74 Å². The van der Waals surface area contributed by atoms with Crippen LogP contribution >= 0.6 is 11.6 Å². The standard InChI is InChI=1S/C14H16ClNO2/c1-10(17)12-9-16(8-4-7-15)14-11(12)5-3-6-13(14)18-2/h3,5-6,9H,4,7-8H2,1-2H3. The summed E-state index contributed by atoms with van der Waals surface area (Å²) in [5.74, 6) is 1.46. The fourth-order valence-corrected chi connectivity index (χ4v) is 2.30. The molecule has 0 saturated carbocycles. The van der Waals surface area contributed by atoms with E-state index in [9.17, 15) is 4.79 Å². The smallest absolute Gasteiger partial charge is 0.161 e. The van der Waals surface area contributed by atoms with Gasteiger partial charge < -0.3 is 9.30 Å². The van der Waals surface area contributed by atoms with Gasteiger partial charge in [-0.25, -0.2) is 0 Å². The number of aryl methyl sites for hydroxylation is 1. The summed E-state index contributed by atoms with van der Waals surface area (Å²) in [5.41, 5.74) is 1.70. The highest BCUT2D eigenvalue weighted by Crippen LogP contribution is 2.30. The first kappa shape index (κ1) is 13.0. The van der Waals surface area contributed by atoms with Crippen molar-refractivity contribution >= 4 is 28.3 Å². The Kier molecular flexibility index (Phi) is 3.92. The van der Waals surface area contributed by atoms with E-state index in [2.05, 4.69) is 0 Å². The molecule has 0 fully saturated rings. The number of methoxy groups -OCH3 is 1. The van der Waals surface area contributed by atoms with Crippen molar-refractivity contribution in [2.75, 3.05) is 13.0 Å². The van der Waals surface area contributed by atoms with Crippen molar-refractivity contribution in [1.29, 1.82) is 0 Å². The van der Waals surface area contributed by atoms with Crippen molar-refractivity contribution in [3.05, 3.63) is 30.0 Å². The summed E-state index contributed by atoms with van der Waals surface area (Å²) < 4.78 is 7.42.